The molecule has 7 heteroatoms. The van der Waals surface area contributed by atoms with Gasteiger partial charge in [-0.25, -0.2) is 4.98 Å². The Hall–Kier alpha value is -2.18. The number of fused-ring (bicyclic) bond motifs is 1. The summed E-state index contributed by atoms with van der Waals surface area (Å²) in [6.45, 7) is 4.79. The Morgan fingerprint density at radius 1 is 1.14 bits per heavy atom. The second kappa shape index (κ2) is 7.68. The standard InChI is InChI=1S/C21H30N4O3/c1-14-3-5-16(6-4-14)25(17-7-8-17)20(27)12-24-13-22-19-11-23(15(2)26)10-9-18(19)21(24)28/h13-14,16-17H,3-12H2,1-2H3. The summed E-state index contributed by atoms with van der Waals surface area (Å²) in [6, 6.07) is 0.679. The molecule has 2 aliphatic carbocycles. The van der Waals surface area contributed by atoms with Crippen LogP contribution in [0.1, 0.15) is 63.6 Å². The van der Waals surface area contributed by atoms with Crippen LogP contribution >= 0.6 is 0 Å². The molecule has 0 saturated heterocycles. The van der Waals surface area contributed by atoms with Crippen LogP contribution in [0.2, 0.25) is 0 Å². The Bertz CT molecular complexity index is 821. The van der Waals surface area contributed by atoms with Crippen LogP contribution in [-0.4, -0.2) is 49.8 Å². The highest BCUT2D eigenvalue weighted by atomic mass is 16.2. The average Bonchev–Trinajstić information content (AvgIpc) is 3.50. The molecule has 28 heavy (non-hydrogen) atoms. The normalized spacial score (nSPS) is 24.6. The van der Waals surface area contributed by atoms with E-state index >= 15 is 0 Å². The van der Waals surface area contributed by atoms with E-state index in [9.17, 15) is 14.4 Å². The molecule has 0 unspecified atom stereocenters. The lowest BCUT2D eigenvalue weighted by molar-refractivity contribution is -0.135. The van der Waals surface area contributed by atoms with Gasteiger partial charge in [0.1, 0.15) is 6.54 Å². The van der Waals surface area contributed by atoms with Crippen LogP contribution in [-0.2, 0) is 29.1 Å². The van der Waals surface area contributed by atoms with Crippen molar-refractivity contribution in [1.29, 1.82) is 0 Å². The van der Waals surface area contributed by atoms with E-state index in [4.69, 9.17) is 0 Å². The van der Waals surface area contributed by atoms with Crippen LogP contribution in [0.25, 0.3) is 0 Å². The van der Waals surface area contributed by atoms with E-state index in [1.165, 1.54) is 30.7 Å². The van der Waals surface area contributed by atoms with E-state index < -0.39 is 0 Å². The van der Waals surface area contributed by atoms with Gasteiger partial charge in [0.2, 0.25) is 11.8 Å². The van der Waals surface area contributed by atoms with E-state index in [1.807, 2.05) is 0 Å². The minimum atomic E-state index is -0.130. The SMILES string of the molecule is CC(=O)N1CCc2c(ncn(CC(=O)N(C3CCC(C)CC3)C3CC3)c2=O)C1. The van der Waals surface area contributed by atoms with Gasteiger partial charge >= 0.3 is 0 Å². The van der Waals surface area contributed by atoms with E-state index in [2.05, 4.69) is 16.8 Å². The zero-order valence-electron chi connectivity index (χ0n) is 16.9. The van der Waals surface area contributed by atoms with Crippen molar-refractivity contribution < 1.29 is 9.59 Å². The maximum atomic E-state index is 13.1. The Morgan fingerprint density at radius 3 is 2.39 bits per heavy atom. The molecule has 0 aromatic carbocycles. The number of carbonyl (C=O) groups is 2. The van der Waals surface area contributed by atoms with Crippen LogP contribution < -0.4 is 5.56 Å². The summed E-state index contributed by atoms with van der Waals surface area (Å²) >= 11 is 0. The molecule has 3 aliphatic rings. The van der Waals surface area contributed by atoms with Crippen LogP contribution in [0.4, 0.5) is 0 Å². The summed E-state index contributed by atoms with van der Waals surface area (Å²) < 4.78 is 1.46. The summed E-state index contributed by atoms with van der Waals surface area (Å²) in [7, 11) is 0. The molecule has 2 saturated carbocycles. The number of carbonyl (C=O) groups excluding carboxylic acids is 2. The summed E-state index contributed by atoms with van der Waals surface area (Å²) in [4.78, 5) is 45.8. The second-order valence-corrected chi connectivity index (χ2v) is 8.74. The molecule has 0 atom stereocenters. The molecule has 0 N–H and O–H groups in total. The van der Waals surface area contributed by atoms with Gasteiger partial charge in [-0.1, -0.05) is 6.92 Å². The van der Waals surface area contributed by atoms with E-state index in [-0.39, 0.29) is 23.9 Å². The summed E-state index contributed by atoms with van der Waals surface area (Å²) in [6.07, 6.45) is 8.64. The fourth-order valence-electron chi connectivity index (χ4n) is 4.65. The topological polar surface area (TPSA) is 75.5 Å². The first-order chi connectivity index (χ1) is 13.4. The Labute approximate surface area is 165 Å². The maximum Gasteiger partial charge on any atom is 0.257 e. The van der Waals surface area contributed by atoms with Crippen LogP contribution in [0.3, 0.4) is 0 Å². The summed E-state index contributed by atoms with van der Waals surface area (Å²) in [5.41, 5.74) is 1.18. The van der Waals surface area contributed by atoms with Crippen LogP contribution in [0.5, 0.6) is 0 Å². The highest BCUT2D eigenvalue weighted by Crippen LogP contribution is 2.35. The number of aromatic nitrogens is 2. The van der Waals surface area contributed by atoms with Gasteiger partial charge in [-0.2, -0.15) is 0 Å². The monoisotopic (exact) mass is 386 g/mol. The molecule has 152 valence electrons. The zero-order valence-corrected chi connectivity index (χ0v) is 16.9. The zero-order chi connectivity index (χ0) is 19.8. The molecule has 0 spiro atoms. The van der Waals surface area contributed by atoms with Crippen molar-refractivity contribution in [3.8, 4) is 0 Å². The molecule has 1 aliphatic heterocycles. The van der Waals surface area contributed by atoms with Crippen molar-refractivity contribution in [3.63, 3.8) is 0 Å². The van der Waals surface area contributed by atoms with Gasteiger partial charge in [0.05, 0.1) is 18.6 Å². The molecule has 7 nitrogen and oxygen atoms in total. The third-order valence-corrected chi connectivity index (χ3v) is 6.55. The first kappa shape index (κ1) is 19.2. The first-order valence-corrected chi connectivity index (χ1v) is 10.6. The Morgan fingerprint density at radius 2 is 1.79 bits per heavy atom. The largest absolute Gasteiger partial charge is 0.337 e. The van der Waals surface area contributed by atoms with E-state index in [0.29, 0.717) is 42.9 Å². The quantitative estimate of drug-likeness (QED) is 0.790. The maximum absolute atomic E-state index is 13.1. The third kappa shape index (κ3) is 3.84. The van der Waals surface area contributed by atoms with E-state index in [0.717, 1.165) is 31.6 Å². The van der Waals surface area contributed by atoms with Gasteiger partial charge in [-0.05, 0) is 50.9 Å². The summed E-state index contributed by atoms with van der Waals surface area (Å²) in [5.74, 6) is 0.787. The molecular weight excluding hydrogens is 356 g/mol. The number of hydrogen-bond donors (Lipinski definition) is 0. The van der Waals surface area contributed by atoms with Crippen molar-refractivity contribution in [2.75, 3.05) is 6.54 Å². The molecular formula is C21H30N4O3. The van der Waals surface area contributed by atoms with Gasteiger partial charge in [0.25, 0.3) is 5.56 Å². The molecule has 1 aromatic heterocycles. The van der Waals surface area contributed by atoms with Crippen molar-refractivity contribution in [3.05, 3.63) is 27.9 Å². The Balaban J connectivity index is 1.50. The average molecular weight is 386 g/mol. The molecule has 1 aromatic rings. The van der Waals surface area contributed by atoms with Crippen molar-refractivity contribution in [1.82, 2.24) is 19.4 Å². The molecule has 0 radical (unpaired) electrons. The molecule has 2 heterocycles. The molecule has 2 amide bonds. The highest BCUT2D eigenvalue weighted by Gasteiger charge is 2.38. The number of rotatable bonds is 4. The summed E-state index contributed by atoms with van der Waals surface area (Å²) in [5, 5.41) is 0. The van der Waals surface area contributed by atoms with Gasteiger partial charge in [-0.3, -0.25) is 19.0 Å². The molecule has 0 bridgehead atoms. The van der Waals surface area contributed by atoms with Gasteiger partial charge < -0.3 is 9.80 Å². The van der Waals surface area contributed by atoms with Crippen LogP contribution in [0, 0.1) is 5.92 Å². The first-order valence-electron chi connectivity index (χ1n) is 10.6. The minimum Gasteiger partial charge on any atom is -0.337 e. The molecule has 2 fully saturated rings. The lowest BCUT2D eigenvalue weighted by Crippen LogP contribution is -2.46. The number of amides is 2. The van der Waals surface area contributed by atoms with Crippen molar-refractivity contribution >= 4 is 11.8 Å². The molecule has 4 rings (SSSR count). The minimum absolute atomic E-state index is 0.00585. The van der Waals surface area contributed by atoms with Crippen LogP contribution in [0.15, 0.2) is 11.1 Å². The lowest BCUT2D eigenvalue weighted by Gasteiger charge is -2.36. The fraction of sp³-hybridized carbons (Fsp3) is 0.714. The predicted molar refractivity (Wildman–Crippen MR) is 105 cm³/mol. The number of nitrogens with zero attached hydrogens (tertiary/aromatic N) is 4. The van der Waals surface area contributed by atoms with Gasteiger partial charge in [0, 0.05) is 31.1 Å². The second-order valence-electron chi connectivity index (χ2n) is 8.74. The van der Waals surface area contributed by atoms with Gasteiger partial charge in [0.15, 0.2) is 0 Å². The Kier molecular flexibility index (Phi) is 5.25. The van der Waals surface area contributed by atoms with Crippen molar-refractivity contribution in [2.45, 2.75) is 84.0 Å². The van der Waals surface area contributed by atoms with E-state index in [1.54, 1.807) is 4.90 Å². The fourth-order valence-corrected chi connectivity index (χ4v) is 4.65. The lowest BCUT2D eigenvalue weighted by atomic mass is 9.86. The predicted octanol–water partition coefficient (Wildman–Crippen LogP) is 1.72. The number of hydrogen-bond acceptors (Lipinski definition) is 4. The third-order valence-electron chi connectivity index (χ3n) is 6.55. The smallest absolute Gasteiger partial charge is 0.257 e. The van der Waals surface area contributed by atoms with Crippen molar-refractivity contribution in [2.24, 2.45) is 5.92 Å². The highest BCUT2D eigenvalue weighted by molar-refractivity contribution is 5.77. The van der Waals surface area contributed by atoms with Gasteiger partial charge in [-0.15, -0.1) is 0 Å².